The molecule has 11 rings (SSSR count). The molecule has 0 saturated carbocycles. The normalized spacial score (nSPS) is 10.7. The number of nitrogens with zero attached hydrogens (tertiary/aromatic N) is 5. The summed E-state index contributed by atoms with van der Waals surface area (Å²) in [5.41, 5.74) is 2.77. The van der Waals surface area contributed by atoms with Crippen LogP contribution < -0.4 is 22.1 Å². The van der Waals surface area contributed by atoms with E-state index in [1.807, 2.05) is 6.92 Å². The Morgan fingerprint density at radius 2 is 1.00 bits per heavy atom. The molecule has 2 aliphatic carbocycles. The van der Waals surface area contributed by atoms with E-state index in [2.05, 4.69) is 148 Å². The second-order valence-electron chi connectivity index (χ2n) is 22.5. The number of carbonyl (C=O) groups is 1. The fraction of sp³-hybridized carbons (Fsp3) is 0.324. The number of carboxylic acids is 1. The third-order valence-corrected chi connectivity index (χ3v) is 15.8. The molecule has 2 radical (unpaired) electrons. The van der Waals surface area contributed by atoms with Crippen molar-refractivity contribution in [2.45, 2.75) is 54.6 Å². The van der Waals surface area contributed by atoms with Gasteiger partial charge in [0.25, 0.3) is 0 Å². The topological polar surface area (TPSA) is 265 Å². The van der Waals surface area contributed by atoms with Crippen molar-refractivity contribution in [2.75, 3.05) is 104 Å². The van der Waals surface area contributed by atoms with E-state index < -0.39 is 29.0 Å². The minimum atomic E-state index is -4.63. The number of hydrogen-bond donors (Lipinski definition) is 9. The van der Waals surface area contributed by atoms with Crippen LogP contribution >= 0.6 is 50.5 Å². The summed E-state index contributed by atoms with van der Waals surface area (Å²) in [6.45, 7) is 22.7. The quantitative estimate of drug-likeness (QED) is 0.0212. The fourth-order valence-corrected chi connectivity index (χ4v) is 10.2. The zero-order valence-electron chi connectivity index (χ0n) is 58.8. The van der Waals surface area contributed by atoms with E-state index in [1.165, 1.54) is 36.4 Å². The van der Waals surface area contributed by atoms with Gasteiger partial charge in [0.05, 0.1) is 16.6 Å². The van der Waals surface area contributed by atoms with Gasteiger partial charge in [-0.1, -0.05) is 82.8 Å². The number of aryl methyl sites for hydroxylation is 3. The van der Waals surface area contributed by atoms with Crippen LogP contribution in [0.1, 0.15) is 60.3 Å². The molecule has 0 atom stereocenters. The molecule has 544 valence electrons. The molecule has 7 aromatic rings. The summed E-state index contributed by atoms with van der Waals surface area (Å²) in [7, 11) is 8.37. The van der Waals surface area contributed by atoms with Gasteiger partial charge in [-0.3, -0.25) is 4.79 Å². The minimum absolute atomic E-state index is 0. The Bertz CT molecular complexity index is 4570. The van der Waals surface area contributed by atoms with Gasteiger partial charge in [0, 0.05) is 179 Å². The molecule has 0 amide bonds. The number of benzene rings is 7. The molecule has 0 saturated heterocycles. The van der Waals surface area contributed by atoms with Gasteiger partial charge in [0.1, 0.15) is 39.6 Å². The SMILES string of the molecule is CCN(C)CCS.CCN(C)CCS.CCN(C)CCS.CCN(C)CCS.Cc1cc(=O)oc2cc(O)ccc12.Cc1cc2c(-c3ccccc3C(=O)O)c3cc(C)c(=O)[c-]c-3oc2[c-]c1O.O=c1cc(C(F)(F)F)c2ccc(O)cc2o1.O=c1ccc2nc3ccc(O)cc3oc-2c1.[Y].[Y]. The van der Waals surface area contributed by atoms with Crippen molar-refractivity contribution in [3.8, 4) is 56.9 Å². The third kappa shape index (κ3) is 29.0. The molecular weight excluding hydrogens is 1550 g/mol. The van der Waals surface area contributed by atoms with Gasteiger partial charge >= 0.3 is 23.4 Å². The van der Waals surface area contributed by atoms with Crippen LogP contribution in [0.4, 0.5) is 13.2 Å². The molecule has 102 heavy (non-hydrogen) atoms. The molecule has 28 heteroatoms. The fourth-order valence-electron chi connectivity index (χ4n) is 8.81. The molecule has 5 aromatic carbocycles. The number of hydrogen-bond acceptors (Lipinski definition) is 22. The second-order valence-corrected chi connectivity index (χ2v) is 24.2. The van der Waals surface area contributed by atoms with Crippen molar-refractivity contribution in [3.05, 3.63) is 203 Å². The van der Waals surface area contributed by atoms with E-state index >= 15 is 0 Å². The van der Waals surface area contributed by atoms with Crippen molar-refractivity contribution < 1.29 is 127 Å². The van der Waals surface area contributed by atoms with Gasteiger partial charge < -0.3 is 67.6 Å². The van der Waals surface area contributed by atoms with Crippen molar-refractivity contribution in [1.82, 2.24) is 24.6 Å². The zero-order valence-corrected chi connectivity index (χ0v) is 68.0. The Morgan fingerprint density at radius 3 is 1.49 bits per heavy atom. The van der Waals surface area contributed by atoms with E-state index in [9.17, 15) is 52.5 Å². The van der Waals surface area contributed by atoms with Crippen molar-refractivity contribution in [2.24, 2.45) is 0 Å². The van der Waals surface area contributed by atoms with Crippen LogP contribution in [0.3, 0.4) is 0 Å². The summed E-state index contributed by atoms with van der Waals surface area (Å²) in [5, 5.41) is 48.4. The maximum absolute atomic E-state index is 12.6. The van der Waals surface area contributed by atoms with Gasteiger partial charge in [-0.05, 0) is 127 Å². The smallest absolute Gasteiger partial charge is 0.417 e. The molecule has 5 N–H and O–H groups in total. The average Bonchev–Trinajstić information content (AvgIpc) is 0.743. The monoisotopic (exact) mass is 1630 g/mol. The van der Waals surface area contributed by atoms with Gasteiger partial charge in [-0.15, -0.1) is 16.7 Å². The first kappa shape index (κ1) is 91.8. The Kier molecular flexibility index (Phi) is 41.3. The number of aromatic carboxylic acids is 1. The van der Waals surface area contributed by atoms with Crippen LogP contribution in [0, 0.1) is 32.9 Å². The van der Waals surface area contributed by atoms with Crippen molar-refractivity contribution >= 4 is 100 Å². The molecule has 0 fully saturated rings. The number of halogens is 3. The first-order chi connectivity index (χ1) is 47.4. The number of thiol groups is 4. The van der Waals surface area contributed by atoms with E-state index in [0.29, 0.717) is 67.4 Å². The summed E-state index contributed by atoms with van der Waals surface area (Å²) >= 11 is 16.3. The van der Waals surface area contributed by atoms with Crippen molar-refractivity contribution in [1.29, 1.82) is 0 Å². The predicted octanol–water partition coefficient (Wildman–Crippen LogP) is 14.0. The predicted molar refractivity (Wildman–Crippen MR) is 405 cm³/mol. The third-order valence-electron chi connectivity index (χ3n) is 15.0. The maximum Gasteiger partial charge on any atom is 0.417 e. The zero-order chi connectivity index (χ0) is 74.6. The molecular formula is C74H86F3N5O14S4Y2-2. The number of carboxylic acid groups (broad SMARTS) is 1. The van der Waals surface area contributed by atoms with Crippen LogP contribution in [-0.4, -0.2) is 160 Å². The number of phenols is 4. The largest absolute Gasteiger partial charge is 0.534 e. The molecule has 0 spiro atoms. The standard InChI is InChI=1S/C22H14O5.C12H7NO3.C10H5F3O3.C10H8O3.4C5H13NS.2Y/c1-11-7-15-19(9-17(11)23)27-20-10-18(24)12(2)8-16(20)21(15)13-5-3-4-6-14(13)22(25)26;14-7-1-3-9-11(5-7)16-12-6-8(15)2-4-10(12)13-9;11-10(12,13)7-4-9(15)16-8-3-5(14)1-2-6(7)8;1-6-4-10(12)13-9-5-7(11)2-3-8(6)9;4*1-3-6(2)4-5-7;;/h3-8,23H,1-2H3,(H,25,26);1-6,14H;1-4,14H;2-5,11H,1H3;4*7H,3-5H2,1-2H3;;/q-2;;;;;;;;;. The minimum Gasteiger partial charge on any atom is -0.534 e. The molecule has 4 heterocycles. The van der Waals surface area contributed by atoms with Gasteiger partial charge in [0.15, 0.2) is 16.8 Å². The van der Waals surface area contributed by atoms with E-state index in [1.54, 1.807) is 74.5 Å². The number of aromatic hydroxyl groups is 4. The van der Waals surface area contributed by atoms with Crippen LogP contribution in [0.15, 0.2) is 158 Å². The maximum atomic E-state index is 12.6. The molecule has 2 aliphatic heterocycles. The molecule has 4 aliphatic rings. The van der Waals surface area contributed by atoms with Gasteiger partial charge in [0.2, 0.25) is 0 Å². The molecule has 0 unspecified atom stereocenters. The Balaban J connectivity index is 0.000000418. The number of aromatic nitrogens is 1. The molecule has 19 nitrogen and oxygen atoms in total. The van der Waals surface area contributed by atoms with E-state index in [-0.39, 0.29) is 127 Å². The van der Waals surface area contributed by atoms with Crippen LogP contribution in [0.25, 0.3) is 77.9 Å². The molecule has 0 bridgehead atoms. The summed E-state index contributed by atoms with van der Waals surface area (Å²) in [5.74, 6) is 3.26. The second kappa shape index (κ2) is 45.9. The number of fused-ring (bicyclic) bond motifs is 6. The number of rotatable bonds is 14. The van der Waals surface area contributed by atoms with Gasteiger partial charge in [-0.2, -0.15) is 75.8 Å². The summed E-state index contributed by atoms with van der Waals surface area (Å²) < 4.78 is 58.4. The molecule has 2 aromatic heterocycles. The number of alkyl halides is 3. The van der Waals surface area contributed by atoms with E-state index in [0.717, 1.165) is 105 Å². The van der Waals surface area contributed by atoms with E-state index in [4.69, 9.17) is 23.5 Å². The van der Waals surface area contributed by atoms with Crippen LogP contribution in [0.5, 0.6) is 23.0 Å². The average molecular weight is 1630 g/mol. The Morgan fingerprint density at radius 1 is 0.520 bits per heavy atom. The summed E-state index contributed by atoms with van der Waals surface area (Å²) in [6, 6.07) is 34.2. The van der Waals surface area contributed by atoms with Crippen molar-refractivity contribution in [3.63, 3.8) is 0 Å². The Hall–Kier alpha value is -6.26. The summed E-state index contributed by atoms with van der Waals surface area (Å²) in [6.07, 6.45) is -4.63. The van der Waals surface area contributed by atoms with Gasteiger partial charge in [-0.25, -0.2) is 19.4 Å². The number of phenolic OH excluding ortho intramolecular Hbond substituents is 4. The first-order valence-electron chi connectivity index (χ1n) is 31.5. The summed E-state index contributed by atoms with van der Waals surface area (Å²) in [4.78, 5) is 70.1. The Labute approximate surface area is 663 Å². The van der Waals surface area contributed by atoms with Crippen LogP contribution in [0.2, 0.25) is 0 Å². The first-order valence-corrected chi connectivity index (χ1v) is 34.1. The van der Waals surface area contributed by atoms with Crippen LogP contribution in [-0.2, 0) is 71.6 Å².